The molecule has 1 fully saturated rings. The number of esters is 3. The molecule has 1 N–H and O–H groups in total. The maximum atomic E-state index is 12.8. The SMILES string of the molecule is COC(=O)CCC(C)=CCC1=C(OC)C(C)=C2COC(=O)C2C1OCCOC(=O)C(C)CCCCCCCCC(C)C(=O)O. The Morgan fingerprint density at radius 1 is 0.977 bits per heavy atom. The van der Waals surface area contributed by atoms with Crippen LogP contribution in [0, 0.1) is 17.8 Å². The lowest BCUT2D eigenvalue weighted by Crippen LogP contribution is -2.36. The first-order valence-electron chi connectivity index (χ1n) is 15.9. The van der Waals surface area contributed by atoms with Crippen LogP contribution in [0.15, 0.2) is 34.1 Å². The maximum Gasteiger partial charge on any atom is 0.316 e. The summed E-state index contributed by atoms with van der Waals surface area (Å²) in [6.45, 7) is 7.85. The molecule has 1 aliphatic carbocycles. The zero-order chi connectivity index (χ0) is 32.6. The van der Waals surface area contributed by atoms with E-state index >= 15 is 0 Å². The summed E-state index contributed by atoms with van der Waals surface area (Å²) in [5.74, 6) is -2.05. The number of allylic oxidation sites excluding steroid dienone is 3. The van der Waals surface area contributed by atoms with E-state index in [9.17, 15) is 19.2 Å². The van der Waals surface area contributed by atoms with Crippen molar-refractivity contribution in [1.82, 2.24) is 0 Å². The molecule has 1 heterocycles. The summed E-state index contributed by atoms with van der Waals surface area (Å²) in [6.07, 6.45) is 10.2. The van der Waals surface area contributed by atoms with Gasteiger partial charge >= 0.3 is 23.9 Å². The number of carboxylic acids is 1. The van der Waals surface area contributed by atoms with Crippen LogP contribution in [0.2, 0.25) is 0 Å². The fourth-order valence-corrected chi connectivity index (χ4v) is 5.62. The highest BCUT2D eigenvalue weighted by Gasteiger charge is 2.46. The zero-order valence-electron chi connectivity index (χ0n) is 27.4. The van der Waals surface area contributed by atoms with Gasteiger partial charge in [-0.1, -0.05) is 64.0 Å². The van der Waals surface area contributed by atoms with Gasteiger partial charge in [0.25, 0.3) is 0 Å². The smallest absolute Gasteiger partial charge is 0.316 e. The maximum absolute atomic E-state index is 12.8. The van der Waals surface area contributed by atoms with E-state index in [1.165, 1.54) is 7.11 Å². The largest absolute Gasteiger partial charge is 0.496 e. The average Bonchev–Trinajstić information content (AvgIpc) is 3.40. The molecule has 0 radical (unpaired) electrons. The van der Waals surface area contributed by atoms with Gasteiger partial charge in [-0.3, -0.25) is 19.2 Å². The Balaban J connectivity index is 1.85. The Morgan fingerprint density at radius 3 is 2.23 bits per heavy atom. The standard InChI is InChI=1S/C34H52O10/c1-22(16-18-28(35)40-5)15-17-26-30(41-6)25(4)27-21-44-34(39)29(27)31(26)42-19-20-43-33(38)24(3)14-12-10-8-7-9-11-13-23(2)32(36)37/h15,23-24,29,31H,7-14,16-21H2,1-6H3,(H,36,37). The normalized spacial score (nSPS) is 19.8. The Morgan fingerprint density at radius 2 is 1.61 bits per heavy atom. The van der Waals surface area contributed by atoms with Crippen LogP contribution in [0.5, 0.6) is 0 Å². The van der Waals surface area contributed by atoms with E-state index in [0.717, 1.165) is 67.2 Å². The summed E-state index contributed by atoms with van der Waals surface area (Å²) in [4.78, 5) is 47.8. The fourth-order valence-electron chi connectivity index (χ4n) is 5.62. The van der Waals surface area contributed by atoms with Gasteiger partial charge < -0.3 is 28.8 Å². The summed E-state index contributed by atoms with van der Waals surface area (Å²) in [6, 6.07) is 0. The van der Waals surface area contributed by atoms with Gasteiger partial charge in [-0.15, -0.1) is 0 Å². The molecule has 44 heavy (non-hydrogen) atoms. The molecule has 0 aromatic carbocycles. The predicted molar refractivity (Wildman–Crippen MR) is 164 cm³/mol. The molecular weight excluding hydrogens is 568 g/mol. The summed E-state index contributed by atoms with van der Waals surface area (Å²) in [5.41, 5.74) is 3.53. The number of carboxylic acid groups (broad SMARTS) is 1. The van der Waals surface area contributed by atoms with Crippen LogP contribution in [-0.4, -0.2) is 69.1 Å². The molecule has 1 aliphatic heterocycles. The van der Waals surface area contributed by atoms with Crippen molar-refractivity contribution in [3.63, 3.8) is 0 Å². The number of aliphatic carboxylic acids is 1. The predicted octanol–water partition coefficient (Wildman–Crippen LogP) is 6.09. The molecule has 0 bridgehead atoms. The second-order valence-electron chi connectivity index (χ2n) is 11.9. The first-order chi connectivity index (χ1) is 21.0. The summed E-state index contributed by atoms with van der Waals surface area (Å²) in [7, 11) is 2.96. The first-order valence-corrected chi connectivity index (χ1v) is 15.9. The van der Waals surface area contributed by atoms with Crippen molar-refractivity contribution in [1.29, 1.82) is 0 Å². The Kier molecular flexibility index (Phi) is 16.2. The van der Waals surface area contributed by atoms with E-state index in [4.69, 9.17) is 28.8 Å². The van der Waals surface area contributed by atoms with Crippen molar-refractivity contribution >= 4 is 23.9 Å². The molecule has 0 spiro atoms. The minimum absolute atomic E-state index is 0.0673. The van der Waals surface area contributed by atoms with E-state index < -0.39 is 18.0 Å². The zero-order valence-corrected chi connectivity index (χ0v) is 27.4. The molecule has 10 heteroatoms. The van der Waals surface area contributed by atoms with Gasteiger partial charge in [-0.2, -0.15) is 0 Å². The van der Waals surface area contributed by atoms with Gasteiger partial charge in [0.2, 0.25) is 0 Å². The summed E-state index contributed by atoms with van der Waals surface area (Å²) >= 11 is 0. The van der Waals surface area contributed by atoms with Crippen molar-refractivity contribution in [3.05, 3.63) is 34.1 Å². The minimum Gasteiger partial charge on any atom is -0.496 e. The van der Waals surface area contributed by atoms with Gasteiger partial charge in [0.05, 0.1) is 32.7 Å². The number of cyclic esters (lactones) is 1. The van der Waals surface area contributed by atoms with Gasteiger partial charge in [0, 0.05) is 12.0 Å². The number of ether oxygens (including phenoxy) is 5. The van der Waals surface area contributed by atoms with E-state index in [0.29, 0.717) is 25.0 Å². The second-order valence-corrected chi connectivity index (χ2v) is 11.9. The molecule has 0 aromatic heterocycles. The number of unbranched alkanes of at least 4 members (excludes halogenated alkanes) is 5. The topological polar surface area (TPSA) is 135 Å². The Hall–Kier alpha value is -3.14. The number of hydrogen-bond donors (Lipinski definition) is 1. The number of hydrogen-bond acceptors (Lipinski definition) is 9. The van der Waals surface area contributed by atoms with Gasteiger partial charge in [-0.05, 0) is 50.7 Å². The quantitative estimate of drug-likeness (QED) is 0.0696. The minimum atomic E-state index is -0.735. The highest BCUT2D eigenvalue weighted by molar-refractivity contribution is 5.82. The molecule has 2 aliphatic rings. The molecule has 248 valence electrons. The lowest BCUT2D eigenvalue weighted by molar-refractivity contribution is -0.152. The fraction of sp³-hybridized carbons (Fsp3) is 0.706. The van der Waals surface area contributed by atoms with E-state index in [2.05, 4.69) is 0 Å². The van der Waals surface area contributed by atoms with Gasteiger partial charge in [-0.25, -0.2) is 0 Å². The van der Waals surface area contributed by atoms with Crippen LogP contribution in [0.1, 0.15) is 98.3 Å². The molecule has 10 nitrogen and oxygen atoms in total. The van der Waals surface area contributed by atoms with Crippen LogP contribution in [0.3, 0.4) is 0 Å². The van der Waals surface area contributed by atoms with Crippen molar-refractivity contribution < 1.29 is 48.0 Å². The summed E-state index contributed by atoms with van der Waals surface area (Å²) < 4.78 is 27.6. The van der Waals surface area contributed by atoms with Crippen molar-refractivity contribution in [2.24, 2.45) is 17.8 Å². The molecular formula is C34H52O10. The van der Waals surface area contributed by atoms with Crippen molar-refractivity contribution in [2.75, 3.05) is 34.0 Å². The monoisotopic (exact) mass is 620 g/mol. The molecule has 4 unspecified atom stereocenters. The number of methoxy groups -OCH3 is 2. The van der Waals surface area contributed by atoms with Crippen LogP contribution >= 0.6 is 0 Å². The molecule has 1 saturated heterocycles. The number of rotatable bonds is 21. The molecule has 0 amide bonds. The number of carbonyl (C=O) groups excluding carboxylic acids is 3. The lowest BCUT2D eigenvalue weighted by atomic mass is 9.80. The van der Waals surface area contributed by atoms with Crippen LogP contribution in [-0.2, 0) is 42.9 Å². The molecule has 0 saturated carbocycles. The van der Waals surface area contributed by atoms with Crippen molar-refractivity contribution in [3.8, 4) is 0 Å². The number of carbonyl (C=O) groups is 4. The second kappa shape index (κ2) is 19.3. The molecule has 0 aromatic rings. The van der Waals surface area contributed by atoms with Gasteiger partial charge in [0.15, 0.2) is 0 Å². The lowest BCUT2D eigenvalue weighted by Gasteiger charge is -2.32. The van der Waals surface area contributed by atoms with Crippen molar-refractivity contribution in [2.45, 2.75) is 104 Å². The van der Waals surface area contributed by atoms with Crippen LogP contribution < -0.4 is 0 Å². The highest BCUT2D eigenvalue weighted by atomic mass is 16.6. The summed E-state index contributed by atoms with van der Waals surface area (Å²) in [5, 5.41) is 8.95. The van der Waals surface area contributed by atoms with Crippen LogP contribution in [0.25, 0.3) is 0 Å². The van der Waals surface area contributed by atoms with E-state index in [1.807, 2.05) is 26.8 Å². The third-order valence-corrected chi connectivity index (χ3v) is 8.56. The van der Waals surface area contributed by atoms with E-state index in [1.54, 1.807) is 14.0 Å². The van der Waals surface area contributed by atoms with Crippen LogP contribution in [0.4, 0.5) is 0 Å². The first kappa shape index (κ1) is 37.0. The Bertz CT molecular complexity index is 1090. The third-order valence-electron chi connectivity index (χ3n) is 8.56. The molecule has 4 atom stereocenters. The third kappa shape index (κ3) is 11.4. The molecule has 2 rings (SSSR count). The van der Waals surface area contributed by atoms with Gasteiger partial charge in [0.1, 0.15) is 31.0 Å². The average molecular weight is 621 g/mol. The highest BCUT2D eigenvalue weighted by Crippen LogP contribution is 2.42. The Labute approximate surface area is 262 Å². The number of fused-ring (bicyclic) bond motifs is 1. The van der Waals surface area contributed by atoms with E-state index in [-0.39, 0.29) is 56.0 Å².